The molecule has 2 aromatic rings. The third kappa shape index (κ3) is 6.87. The van der Waals surface area contributed by atoms with Crippen molar-refractivity contribution in [3.8, 4) is 0 Å². The molecular formula is C34H36BF6NS. The lowest BCUT2D eigenvalue weighted by atomic mass is 9.69. The number of thiophene rings is 1. The summed E-state index contributed by atoms with van der Waals surface area (Å²) in [6, 6.07) is 8.30. The van der Waals surface area contributed by atoms with Crippen molar-refractivity contribution < 1.29 is 26.3 Å². The van der Waals surface area contributed by atoms with E-state index in [-0.39, 0.29) is 28.9 Å². The summed E-state index contributed by atoms with van der Waals surface area (Å²) >= 11 is 1.08. The van der Waals surface area contributed by atoms with Crippen LogP contribution >= 0.6 is 11.3 Å². The molecule has 1 N–H and O–H groups in total. The maximum atomic E-state index is 15.9. The molecular weight excluding hydrogens is 579 g/mol. The molecule has 3 rings (SSSR count). The third-order valence-electron chi connectivity index (χ3n) is 7.25. The number of rotatable bonds is 11. The molecule has 1 aromatic heterocycles. The van der Waals surface area contributed by atoms with E-state index in [9.17, 15) is 0 Å². The van der Waals surface area contributed by atoms with Crippen LogP contribution in [-0.2, 0) is 6.42 Å². The summed E-state index contributed by atoms with van der Waals surface area (Å²) in [6.07, 6.45) is 14.0. The van der Waals surface area contributed by atoms with E-state index >= 15 is 26.3 Å². The van der Waals surface area contributed by atoms with Gasteiger partial charge in [0.25, 0.3) is 0 Å². The largest absolute Gasteiger partial charge is 0.394 e. The fourth-order valence-corrected chi connectivity index (χ4v) is 5.78. The van der Waals surface area contributed by atoms with Crippen molar-refractivity contribution in [2.24, 2.45) is 0 Å². The van der Waals surface area contributed by atoms with Gasteiger partial charge in [0.1, 0.15) is 0 Å². The number of hydrogen-bond acceptors (Lipinski definition) is 2. The first-order valence-electron chi connectivity index (χ1n) is 14.0. The summed E-state index contributed by atoms with van der Waals surface area (Å²) in [6.45, 7) is 8.40. The van der Waals surface area contributed by atoms with Crippen molar-refractivity contribution in [2.75, 3.05) is 7.05 Å². The van der Waals surface area contributed by atoms with Gasteiger partial charge in [0.2, 0.25) is 0 Å². The minimum absolute atomic E-state index is 0.197. The first-order chi connectivity index (χ1) is 20.2. The zero-order valence-electron chi connectivity index (χ0n) is 25.2. The van der Waals surface area contributed by atoms with Gasteiger partial charge in [-0.2, -0.15) is 26.3 Å². The summed E-state index contributed by atoms with van der Waals surface area (Å²) in [4.78, 5) is 0.723. The average Bonchev–Trinajstić information content (AvgIpc) is 3.37. The summed E-state index contributed by atoms with van der Waals surface area (Å²) in [5.41, 5.74) is -1.13. The van der Waals surface area contributed by atoms with Gasteiger partial charge < -0.3 is 5.32 Å². The Morgan fingerprint density at radius 3 is 2.23 bits per heavy atom. The molecule has 43 heavy (non-hydrogen) atoms. The highest BCUT2D eigenvalue weighted by Crippen LogP contribution is 2.64. The van der Waals surface area contributed by atoms with Crippen LogP contribution in [0.5, 0.6) is 0 Å². The molecule has 0 spiro atoms. The second kappa shape index (κ2) is 13.9. The maximum Gasteiger partial charge on any atom is 0.380 e. The van der Waals surface area contributed by atoms with E-state index in [1.807, 2.05) is 19.1 Å². The topological polar surface area (TPSA) is 12.0 Å². The lowest BCUT2D eigenvalue weighted by Crippen LogP contribution is -2.49. The molecule has 228 valence electrons. The van der Waals surface area contributed by atoms with Crippen LogP contribution in [0.15, 0.2) is 95.6 Å². The SMILES string of the molecule is C/C=C\C=C/c1cc(C2=C(C(/C=C(\C)B/C=C\C=C/NC)=C(/C)c3ccc(CC)cc3)C(F)(F)C(F)(F)C2(F)F)c(C)s1. The number of hydrogen-bond donors (Lipinski definition) is 1. The predicted molar refractivity (Wildman–Crippen MR) is 171 cm³/mol. The number of aryl methyl sites for hydroxylation is 2. The molecule has 0 saturated carbocycles. The summed E-state index contributed by atoms with van der Waals surface area (Å²) in [5, 5.41) is 2.84. The van der Waals surface area contributed by atoms with E-state index < -0.39 is 28.9 Å². The van der Waals surface area contributed by atoms with Crippen LogP contribution in [0.4, 0.5) is 26.3 Å². The molecule has 0 unspecified atom stereocenters. The Bertz CT molecular complexity index is 1520. The highest BCUT2D eigenvalue weighted by atomic mass is 32.1. The zero-order chi connectivity index (χ0) is 32.0. The van der Waals surface area contributed by atoms with Crippen LogP contribution in [0.1, 0.15) is 54.1 Å². The zero-order valence-corrected chi connectivity index (χ0v) is 26.0. The van der Waals surface area contributed by atoms with E-state index in [2.05, 4.69) is 5.32 Å². The molecule has 0 aliphatic heterocycles. The average molecular weight is 616 g/mol. The molecule has 0 fully saturated rings. The molecule has 0 bridgehead atoms. The Morgan fingerprint density at radius 1 is 0.953 bits per heavy atom. The van der Waals surface area contributed by atoms with Crippen LogP contribution in [0.25, 0.3) is 17.2 Å². The standard InChI is InChI=1S/C34H36BF6NS/c1-7-9-10-13-27-21-29(24(5)43-27)31-30(32(36,37)34(40,41)33(31,38)39)28(20-22(3)35-18-11-12-19-42-6)23(4)26-16-14-25(8-2)15-17-26/h7,9-21,35,42H,8H2,1-6H3/b9-7-,13-10-,18-11-,19-12-,22-20+,28-23-. The van der Waals surface area contributed by atoms with Gasteiger partial charge in [0.15, 0.2) is 7.28 Å². The Balaban J connectivity index is 2.41. The number of nitrogens with one attached hydrogen (secondary N) is 1. The number of allylic oxidation sites excluding steroid dienone is 11. The predicted octanol–water partition coefficient (Wildman–Crippen LogP) is 9.94. The van der Waals surface area contributed by atoms with Crippen LogP contribution in [0, 0.1) is 6.92 Å². The molecule has 1 aromatic carbocycles. The molecule has 0 amide bonds. The fraction of sp³-hybridized carbons (Fsp3) is 0.294. The highest BCUT2D eigenvalue weighted by Gasteiger charge is 2.80. The molecule has 1 heterocycles. The smallest absolute Gasteiger partial charge is 0.380 e. The summed E-state index contributed by atoms with van der Waals surface area (Å²) in [5.74, 6) is -14.2. The second-order valence-corrected chi connectivity index (χ2v) is 11.6. The quantitative estimate of drug-likeness (QED) is 0.151. The van der Waals surface area contributed by atoms with Crippen LogP contribution in [-0.4, -0.2) is 32.1 Å². The van der Waals surface area contributed by atoms with Gasteiger partial charge in [-0.1, -0.05) is 68.5 Å². The van der Waals surface area contributed by atoms with Gasteiger partial charge in [-0.25, -0.2) is 0 Å². The van der Waals surface area contributed by atoms with Gasteiger partial charge in [-0.3, -0.25) is 0 Å². The Hall–Kier alpha value is -3.46. The van der Waals surface area contributed by atoms with Crippen molar-refractivity contribution in [1.82, 2.24) is 5.32 Å². The van der Waals surface area contributed by atoms with Gasteiger partial charge >= 0.3 is 17.8 Å². The molecule has 1 aliphatic carbocycles. The first-order valence-corrected chi connectivity index (χ1v) is 14.8. The van der Waals surface area contributed by atoms with Gasteiger partial charge in [-0.15, -0.1) is 22.8 Å². The summed E-state index contributed by atoms with van der Waals surface area (Å²) < 4.78 is 93.7. The third-order valence-corrected chi connectivity index (χ3v) is 8.26. The minimum Gasteiger partial charge on any atom is -0.394 e. The number of halogens is 6. The van der Waals surface area contributed by atoms with Crippen molar-refractivity contribution in [3.05, 3.63) is 122 Å². The van der Waals surface area contributed by atoms with E-state index in [0.29, 0.717) is 15.9 Å². The normalized spacial score (nSPS) is 18.9. The van der Waals surface area contributed by atoms with Crippen LogP contribution in [0.3, 0.4) is 0 Å². The lowest BCUT2D eigenvalue weighted by molar-refractivity contribution is -0.259. The molecule has 0 radical (unpaired) electrons. The fourth-order valence-electron chi connectivity index (χ4n) is 4.83. The monoisotopic (exact) mass is 615 g/mol. The van der Waals surface area contributed by atoms with Crippen LogP contribution < -0.4 is 5.32 Å². The minimum atomic E-state index is -5.64. The molecule has 1 aliphatic rings. The number of alkyl halides is 6. The van der Waals surface area contributed by atoms with E-state index in [0.717, 1.165) is 23.3 Å². The Morgan fingerprint density at radius 2 is 1.63 bits per heavy atom. The van der Waals surface area contributed by atoms with Crippen molar-refractivity contribution in [3.63, 3.8) is 0 Å². The van der Waals surface area contributed by atoms with E-state index in [1.165, 1.54) is 26.0 Å². The van der Waals surface area contributed by atoms with Gasteiger partial charge in [-0.05, 0) is 79.4 Å². The maximum absolute atomic E-state index is 15.9. The molecule has 0 saturated heterocycles. The summed E-state index contributed by atoms with van der Waals surface area (Å²) in [7, 11) is 2.02. The van der Waals surface area contributed by atoms with Gasteiger partial charge in [0, 0.05) is 27.9 Å². The van der Waals surface area contributed by atoms with Crippen molar-refractivity contribution >= 4 is 35.8 Å². The molecule has 0 atom stereocenters. The first kappa shape index (κ1) is 34.0. The molecule has 1 nitrogen and oxygen atoms in total. The van der Waals surface area contributed by atoms with E-state index in [4.69, 9.17) is 0 Å². The van der Waals surface area contributed by atoms with Crippen molar-refractivity contribution in [2.45, 2.75) is 58.8 Å². The second-order valence-electron chi connectivity index (χ2n) is 10.3. The van der Waals surface area contributed by atoms with Gasteiger partial charge in [0.05, 0.1) is 0 Å². The highest BCUT2D eigenvalue weighted by molar-refractivity contribution is 7.13. The Kier molecular flexibility index (Phi) is 11.0. The van der Waals surface area contributed by atoms with Crippen molar-refractivity contribution in [1.29, 1.82) is 0 Å². The Labute approximate surface area is 255 Å². The van der Waals surface area contributed by atoms with Crippen LogP contribution in [0.2, 0.25) is 0 Å². The molecule has 9 heteroatoms. The number of benzene rings is 1. The lowest BCUT2D eigenvalue weighted by Gasteiger charge is -2.26. The van der Waals surface area contributed by atoms with E-state index in [1.54, 1.807) is 81.7 Å².